The van der Waals surface area contributed by atoms with Crippen LogP contribution < -0.4 is 10.1 Å². The molecule has 0 aliphatic carbocycles. The Labute approximate surface area is 191 Å². The van der Waals surface area contributed by atoms with Crippen LogP contribution in [-0.2, 0) is 14.4 Å². The minimum absolute atomic E-state index is 0.00169. The van der Waals surface area contributed by atoms with E-state index in [1.807, 2.05) is 0 Å². The Morgan fingerprint density at radius 3 is 2.24 bits per heavy atom. The first-order chi connectivity index (χ1) is 16.2. The van der Waals surface area contributed by atoms with Crippen molar-refractivity contribution < 1.29 is 41.5 Å². The van der Waals surface area contributed by atoms with Gasteiger partial charge in [0.15, 0.2) is 23.2 Å². The number of ketones is 1. The summed E-state index contributed by atoms with van der Waals surface area (Å²) in [6, 6.07) is 8.26. The molecule has 0 atom stereocenters. The molecular weight excluding hydrogens is 462 g/mol. The van der Waals surface area contributed by atoms with Crippen molar-refractivity contribution in [2.24, 2.45) is 0 Å². The van der Waals surface area contributed by atoms with Crippen molar-refractivity contribution in [1.29, 1.82) is 0 Å². The van der Waals surface area contributed by atoms with E-state index in [2.05, 4.69) is 10.1 Å². The predicted molar refractivity (Wildman–Crippen MR) is 109 cm³/mol. The highest BCUT2D eigenvalue weighted by Gasteiger charge is 2.30. The van der Waals surface area contributed by atoms with Crippen LogP contribution in [0.4, 0.5) is 17.6 Å². The zero-order chi connectivity index (χ0) is 24.8. The highest BCUT2D eigenvalue weighted by molar-refractivity contribution is 6.05. The van der Waals surface area contributed by atoms with E-state index in [4.69, 9.17) is 0 Å². The van der Waals surface area contributed by atoms with Crippen molar-refractivity contribution in [3.63, 3.8) is 0 Å². The number of hydrogen-bond acceptors (Lipinski definition) is 6. The molecule has 0 radical (unpaired) electrons. The van der Waals surface area contributed by atoms with Gasteiger partial charge in [-0.05, 0) is 12.1 Å². The van der Waals surface area contributed by atoms with Crippen molar-refractivity contribution in [2.45, 2.75) is 0 Å². The second-order valence-corrected chi connectivity index (χ2v) is 7.33. The maximum atomic E-state index is 13.5. The quantitative estimate of drug-likeness (QED) is 0.347. The number of carbonyl (C=O) groups excluding carboxylic acids is 4. The molecule has 1 saturated heterocycles. The molecule has 1 fully saturated rings. The summed E-state index contributed by atoms with van der Waals surface area (Å²) in [5.41, 5.74) is 0.364. The van der Waals surface area contributed by atoms with Gasteiger partial charge < -0.3 is 10.1 Å². The third-order valence-electron chi connectivity index (χ3n) is 4.86. The predicted octanol–water partition coefficient (Wildman–Crippen LogP) is 1.29. The number of hydrogen-bond donors (Lipinski definition) is 1. The lowest BCUT2D eigenvalue weighted by atomic mass is 10.2. The van der Waals surface area contributed by atoms with Crippen LogP contribution in [0.15, 0.2) is 36.4 Å². The van der Waals surface area contributed by atoms with Gasteiger partial charge in [-0.1, -0.05) is 18.2 Å². The summed E-state index contributed by atoms with van der Waals surface area (Å²) < 4.78 is 57.9. The molecule has 34 heavy (non-hydrogen) atoms. The highest BCUT2D eigenvalue weighted by atomic mass is 19.2. The standard InChI is InChI=1S/C22H19F4N3O5/c23-15-8-16(24)20(26)21(19(15)25)34-12-14(30)9-27-17(31)10-28-6-7-29(18(32)11-28)22(33)13-4-2-1-3-5-13/h1-5,8H,6-7,9-12H2,(H,27,31). The van der Waals surface area contributed by atoms with Gasteiger partial charge in [-0.2, -0.15) is 8.78 Å². The van der Waals surface area contributed by atoms with Gasteiger partial charge >= 0.3 is 0 Å². The second-order valence-electron chi connectivity index (χ2n) is 7.33. The fourth-order valence-corrected chi connectivity index (χ4v) is 3.15. The molecule has 3 amide bonds. The van der Waals surface area contributed by atoms with E-state index in [1.54, 1.807) is 30.3 Å². The molecule has 12 heteroatoms. The van der Waals surface area contributed by atoms with Gasteiger partial charge in [0.05, 0.1) is 19.6 Å². The zero-order valence-corrected chi connectivity index (χ0v) is 17.7. The zero-order valence-electron chi connectivity index (χ0n) is 17.7. The van der Waals surface area contributed by atoms with Crippen molar-refractivity contribution >= 4 is 23.5 Å². The Hall–Kier alpha value is -3.80. The molecule has 0 aromatic heterocycles. The molecule has 1 aliphatic rings. The van der Waals surface area contributed by atoms with Gasteiger partial charge in [0.25, 0.3) is 5.91 Å². The third kappa shape index (κ3) is 5.95. The van der Waals surface area contributed by atoms with Gasteiger partial charge in [-0.3, -0.25) is 29.0 Å². The number of benzene rings is 2. The molecule has 180 valence electrons. The molecule has 0 saturated carbocycles. The summed E-state index contributed by atoms with van der Waals surface area (Å²) in [5, 5.41) is 2.26. The highest BCUT2D eigenvalue weighted by Crippen LogP contribution is 2.26. The minimum Gasteiger partial charge on any atom is -0.479 e. The molecule has 1 heterocycles. The lowest BCUT2D eigenvalue weighted by Crippen LogP contribution is -2.54. The van der Waals surface area contributed by atoms with Crippen LogP contribution in [0.25, 0.3) is 0 Å². The lowest BCUT2D eigenvalue weighted by Gasteiger charge is -2.32. The van der Waals surface area contributed by atoms with E-state index < -0.39 is 65.7 Å². The first kappa shape index (κ1) is 24.8. The van der Waals surface area contributed by atoms with Crippen molar-refractivity contribution in [1.82, 2.24) is 15.1 Å². The minimum atomic E-state index is -1.79. The Morgan fingerprint density at radius 2 is 1.62 bits per heavy atom. The SMILES string of the molecule is O=C(CNC(=O)CN1CCN(C(=O)c2ccccc2)C(=O)C1)COc1c(F)c(F)cc(F)c1F. The smallest absolute Gasteiger partial charge is 0.260 e. The van der Waals surface area contributed by atoms with E-state index in [0.29, 0.717) is 5.56 Å². The summed E-state index contributed by atoms with van der Waals surface area (Å²) >= 11 is 0. The number of halogens is 4. The lowest BCUT2D eigenvalue weighted by molar-refractivity contribution is -0.134. The molecule has 0 unspecified atom stereocenters. The number of piperazine rings is 1. The normalized spacial score (nSPS) is 14.1. The topological polar surface area (TPSA) is 96.0 Å². The number of amides is 3. The summed E-state index contributed by atoms with van der Waals surface area (Å²) in [4.78, 5) is 51.2. The largest absolute Gasteiger partial charge is 0.479 e. The van der Waals surface area contributed by atoms with Crippen molar-refractivity contribution in [3.8, 4) is 5.75 Å². The third-order valence-corrected chi connectivity index (χ3v) is 4.86. The Kier molecular flexibility index (Phi) is 7.95. The van der Waals surface area contributed by atoms with Crippen LogP contribution in [0.3, 0.4) is 0 Å². The molecule has 1 N–H and O–H groups in total. The Balaban J connectivity index is 1.43. The summed E-state index contributed by atoms with van der Waals surface area (Å²) in [5.74, 6) is -10.7. The molecule has 8 nitrogen and oxygen atoms in total. The first-order valence-electron chi connectivity index (χ1n) is 10.0. The number of nitrogens with one attached hydrogen (secondary N) is 1. The Morgan fingerprint density at radius 1 is 0.971 bits per heavy atom. The molecule has 1 aliphatic heterocycles. The number of Topliss-reactive ketones (excluding diaryl/α,β-unsaturated/α-hetero) is 1. The second kappa shape index (κ2) is 10.9. The van der Waals surface area contributed by atoms with Crippen LogP contribution >= 0.6 is 0 Å². The van der Waals surface area contributed by atoms with Crippen LogP contribution in [-0.4, -0.2) is 72.6 Å². The first-order valence-corrected chi connectivity index (χ1v) is 10.0. The molecule has 3 rings (SSSR count). The van der Waals surface area contributed by atoms with E-state index in [0.717, 1.165) is 4.90 Å². The van der Waals surface area contributed by atoms with Gasteiger partial charge in [-0.15, -0.1) is 0 Å². The summed E-state index contributed by atoms with van der Waals surface area (Å²) in [7, 11) is 0. The maximum absolute atomic E-state index is 13.5. The number of ether oxygens (including phenoxy) is 1. The summed E-state index contributed by atoms with van der Waals surface area (Å²) in [6.07, 6.45) is 0. The fraction of sp³-hybridized carbons (Fsp3) is 0.273. The van der Waals surface area contributed by atoms with Gasteiger partial charge in [0.2, 0.25) is 23.4 Å². The van der Waals surface area contributed by atoms with Crippen LogP contribution in [0.1, 0.15) is 10.4 Å². The van der Waals surface area contributed by atoms with Crippen LogP contribution in [0.5, 0.6) is 5.75 Å². The van der Waals surface area contributed by atoms with Gasteiger partial charge in [0, 0.05) is 24.7 Å². The number of imide groups is 1. The van der Waals surface area contributed by atoms with Crippen LogP contribution in [0.2, 0.25) is 0 Å². The average Bonchev–Trinajstić information content (AvgIpc) is 2.82. The molecule has 2 aromatic carbocycles. The van der Waals surface area contributed by atoms with Gasteiger partial charge in [-0.25, -0.2) is 8.78 Å². The number of carbonyl (C=O) groups is 4. The molecule has 0 spiro atoms. The van der Waals surface area contributed by atoms with Crippen molar-refractivity contribution in [3.05, 3.63) is 65.2 Å². The molecule has 0 bridgehead atoms. The van der Waals surface area contributed by atoms with E-state index in [9.17, 15) is 36.7 Å². The monoisotopic (exact) mass is 481 g/mol. The Bertz CT molecular complexity index is 1090. The fourth-order valence-electron chi connectivity index (χ4n) is 3.15. The maximum Gasteiger partial charge on any atom is 0.260 e. The van der Waals surface area contributed by atoms with Crippen LogP contribution in [0, 0.1) is 23.3 Å². The average molecular weight is 481 g/mol. The summed E-state index contributed by atoms with van der Waals surface area (Å²) in [6.45, 7) is -1.65. The number of rotatable bonds is 8. The number of nitrogens with zero attached hydrogens (tertiary/aromatic N) is 2. The van der Waals surface area contributed by atoms with E-state index in [-0.39, 0.29) is 32.2 Å². The van der Waals surface area contributed by atoms with E-state index >= 15 is 0 Å². The van der Waals surface area contributed by atoms with Crippen molar-refractivity contribution in [2.75, 3.05) is 39.3 Å². The molecular formula is C22H19F4N3O5. The molecule has 2 aromatic rings. The van der Waals surface area contributed by atoms with Gasteiger partial charge in [0.1, 0.15) is 6.61 Å². The van der Waals surface area contributed by atoms with E-state index in [1.165, 1.54) is 4.90 Å².